The molecule has 0 saturated carbocycles. The van der Waals surface area contributed by atoms with Gasteiger partial charge < -0.3 is 0 Å². The molecule has 1 fully saturated rings. The van der Waals surface area contributed by atoms with Crippen LogP contribution >= 0.6 is 0 Å². The van der Waals surface area contributed by atoms with Crippen LogP contribution in [-0.2, 0) is 16.4 Å². The second-order valence-electron chi connectivity index (χ2n) is 5.78. The normalized spacial score (nSPS) is 20.1. The summed E-state index contributed by atoms with van der Waals surface area (Å²) in [5, 5.41) is 6.31. The maximum absolute atomic E-state index is 12.6. The number of hydrogen-bond donors (Lipinski definition) is 1. The molecule has 0 bridgehead atoms. The Balaban J connectivity index is 1.72. The summed E-state index contributed by atoms with van der Waals surface area (Å²) in [6, 6.07) is 5.98. The summed E-state index contributed by atoms with van der Waals surface area (Å²) in [6.45, 7) is 3.09. The molecule has 118 valence electrons. The van der Waals surface area contributed by atoms with Gasteiger partial charge in [0.1, 0.15) is 4.90 Å². The summed E-state index contributed by atoms with van der Waals surface area (Å²) in [4.78, 5) is 4.76. The maximum Gasteiger partial charge on any atom is 0.246 e. The van der Waals surface area contributed by atoms with Crippen LogP contribution in [0.3, 0.4) is 0 Å². The predicted octanol–water partition coefficient (Wildman–Crippen LogP) is 1.76. The van der Waals surface area contributed by atoms with Gasteiger partial charge in [0.05, 0.1) is 6.20 Å². The standard InChI is InChI=1S/C15H20N4O2S/c1-12-4-2-6-14(18-12)8-13-5-3-7-19(11-13)22(20,21)15-9-16-17-10-15/h2,4,6,9-10,13H,3,5,7-8,11H2,1H3,(H,16,17). The summed E-state index contributed by atoms with van der Waals surface area (Å²) in [5.74, 6) is 0.310. The van der Waals surface area contributed by atoms with Gasteiger partial charge in [-0.1, -0.05) is 6.07 Å². The number of aryl methyl sites for hydroxylation is 1. The molecule has 7 heteroatoms. The fraction of sp³-hybridized carbons (Fsp3) is 0.467. The molecule has 0 radical (unpaired) electrons. The number of aromatic nitrogens is 3. The highest BCUT2D eigenvalue weighted by atomic mass is 32.2. The van der Waals surface area contributed by atoms with Gasteiger partial charge in [-0.05, 0) is 44.2 Å². The van der Waals surface area contributed by atoms with Crippen molar-refractivity contribution in [3.63, 3.8) is 0 Å². The van der Waals surface area contributed by atoms with Gasteiger partial charge in [0.25, 0.3) is 0 Å². The van der Waals surface area contributed by atoms with E-state index >= 15 is 0 Å². The maximum atomic E-state index is 12.6. The third-order valence-electron chi connectivity index (χ3n) is 4.04. The lowest BCUT2D eigenvalue weighted by Gasteiger charge is -2.31. The van der Waals surface area contributed by atoms with Gasteiger partial charge in [0.2, 0.25) is 10.0 Å². The molecular weight excluding hydrogens is 300 g/mol. The van der Waals surface area contributed by atoms with Crippen LogP contribution in [0.5, 0.6) is 0 Å². The van der Waals surface area contributed by atoms with E-state index in [0.29, 0.717) is 19.0 Å². The molecule has 1 aliphatic rings. The molecule has 3 heterocycles. The van der Waals surface area contributed by atoms with E-state index in [9.17, 15) is 8.42 Å². The molecular formula is C15H20N4O2S. The Morgan fingerprint density at radius 3 is 3.00 bits per heavy atom. The van der Waals surface area contributed by atoms with Crippen molar-refractivity contribution in [3.05, 3.63) is 42.0 Å². The fourth-order valence-corrected chi connectivity index (χ4v) is 4.41. The van der Waals surface area contributed by atoms with Crippen molar-refractivity contribution in [1.82, 2.24) is 19.5 Å². The first-order valence-electron chi connectivity index (χ1n) is 7.47. The molecule has 2 aromatic rings. The molecule has 1 unspecified atom stereocenters. The largest absolute Gasteiger partial charge is 0.284 e. The van der Waals surface area contributed by atoms with E-state index in [1.54, 1.807) is 4.31 Å². The van der Waals surface area contributed by atoms with Crippen molar-refractivity contribution in [1.29, 1.82) is 0 Å². The number of H-pyrrole nitrogens is 1. The van der Waals surface area contributed by atoms with E-state index in [4.69, 9.17) is 0 Å². The quantitative estimate of drug-likeness (QED) is 0.931. The second kappa shape index (κ2) is 6.18. The van der Waals surface area contributed by atoms with E-state index in [-0.39, 0.29) is 4.90 Å². The van der Waals surface area contributed by atoms with Crippen LogP contribution in [0.15, 0.2) is 35.5 Å². The van der Waals surface area contributed by atoms with Crippen LogP contribution in [0.1, 0.15) is 24.2 Å². The highest BCUT2D eigenvalue weighted by Gasteiger charge is 2.30. The molecule has 1 N–H and O–H groups in total. The lowest BCUT2D eigenvalue weighted by Crippen LogP contribution is -2.40. The van der Waals surface area contributed by atoms with E-state index < -0.39 is 10.0 Å². The molecule has 0 aliphatic carbocycles. The monoisotopic (exact) mass is 320 g/mol. The van der Waals surface area contributed by atoms with Gasteiger partial charge in [0.15, 0.2) is 0 Å². The Bertz CT molecular complexity index is 728. The van der Waals surface area contributed by atoms with Gasteiger partial charge in [-0.25, -0.2) is 8.42 Å². The van der Waals surface area contributed by atoms with Gasteiger partial charge >= 0.3 is 0 Å². The van der Waals surface area contributed by atoms with E-state index in [2.05, 4.69) is 15.2 Å². The van der Waals surface area contributed by atoms with Crippen molar-refractivity contribution in [2.45, 2.75) is 31.1 Å². The van der Waals surface area contributed by atoms with Crippen molar-refractivity contribution in [3.8, 4) is 0 Å². The summed E-state index contributed by atoms with van der Waals surface area (Å²) in [7, 11) is -3.43. The van der Waals surface area contributed by atoms with Gasteiger partial charge in [-0.15, -0.1) is 0 Å². The average molecular weight is 320 g/mol. The second-order valence-corrected chi connectivity index (χ2v) is 7.72. The highest BCUT2D eigenvalue weighted by molar-refractivity contribution is 7.89. The summed E-state index contributed by atoms with van der Waals surface area (Å²) >= 11 is 0. The number of rotatable bonds is 4. The Labute approximate surface area is 130 Å². The molecule has 1 atom stereocenters. The van der Waals surface area contributed by atoms with Crippen molar-refractivity contribution in [2.75, 3.05) is 13.1 Å². The van der Waals surface area contributed by atoms with E-state index in [1.807, 2.05) is 25.1 Å². The Hall–Kier alpha value is -1.73. The lowest BCUT2D eigenvalue weighted by atomic mass is 9.94. The minimum Gasteiger partial charge on any atom is -0.284 e. The average Bonchev–Trinajstić information content (AvgIpc) is 3.02. The first-order valence-corrected chi connectivity index (χ1v) is 8.91. The summed E-state index contributed by atoms with van der Waals surface area (Å²) in [6.07, 6.45) is 5.53. The minimum atomic E-state index is -3.43. The van der Waals surface area contributed by atoms with Crippen LogP contribution in [0, 0.1) is 12.8 Å². The number of hydrogen-bond acceptors (Lipinski definition) is 4. The van der Waals surface area contributed by atoms with Gasteiger partial charge in [0, 0.05) is 30.7 Å². The third kappa shape index (κ3) is 3.20. The first kappa shape index (κ1) is 15.2. The number of sulfonamides is 1. The topological polar surface area (TPSA) is 79.0 Å². The Morgan fingerprint density at radius 2 is 2.27 bits per heavy atom. The van der Waals surface area contributed by atoms with Crippen LogP contribution in [-0.4, -0.2) is 41.0 Å². The van der Waals surface area contributed by atoms with Crippen LogP contribution in [0.4, 0.5) is 0 Å². The SMILES string of the molecule is Cc1cccc(CC2CCCN(S(=O)(=O)c3cn[nH]c3)C2)n1. The van der Waals surface area contributed by atoms with Crippen LogP contribution in [0.2, 0.25) is 0 Å². The molecule has 1 saturated heterocycles. The summed E-state index contributed by atoms with van der Waals surface area (Å²) < 4.78 is 26.7. The molecule has 1 aliphatic heterocycles. The minimum absolute atomic E-state index is 0.238. The zero-order valence-electron chi connectivity index (χ0n) is 12.6. The number of nitrogens with one attached hydrogen (secondary N) is 1. The number of pyridine rings is 1. The van der Waals surface area contributed by atoms with E-state index in [1.165, 1.54) is 12.4 Å². The van der Waals surface area contributed by atoms with Crippen LogP contribution in [0.25, 0.3) is 0 Å². The third-order valence-corrected chi connectivity index (χ3v) is 5.87. The van der Waals surface area contributed by atoms with E-state index in [0.717, 1.165) is 30.7 Å². The molecule has 0 aromatic carbocycles. The molecule has 2 aromatic heterocycles. The van der Waals surface area contributed by atoms with Gasteiger partial charge in [-0.3, -0.25) is 10.1 Å². The molecule has 0 amide bonds. The van der Waals surface area contributed by atoms with Crippen LogP contribution < -0.4 is 0 Å². The fourth-order valence-electron chi connectivity index (χ4n) is 2.95. The van der Waals surface area contributed by atoms with Gasteiger partial charge in [-0.2, -0.15) is 9.40 Å². The number of aromatic amines is 1. The zero-order chi connectivity index (χ0) is 15.6. The van der Waals surface area contributed by atoms with Crippen molar-refractivity contribution >= 4 is 10.0 Å². The predicted molar refractivity (Wildman–Crippen MR) is 82.7 cm³/mol. The van der Waals surface area contributed by atoms with Crippen molar-refractivity contribution in [2.24, 2.45) is 5.92 Å². The number of nitrogens with zero attached hydrogens (tertiary/aromatic N) is 3. The molecule has 22 heavy (non-hydrogen) atoms. The number of piperidine rings is 1. The first-order chi connectivity index (χ1) is 10.6. The van der Waals surface area contributed by atoms with Crippen molar-refractivity contribution < 1.29 is 8.42 Å². The molecule has 0 spiro atoms. The Morgan fingerprint density at radius 1 is 1.41 bits per heavy atom. The smallest absolute Gasteiger partial charge is 0.246 e. The lowest BCUT2D eigenvalue weighted by molar-refractivity contribution is 0.264. The Kier molecular flexibility index (Phi) is 4.26. The molecule has 6 nitrogen and oxygen atoms in total. The highest BCUT2D eigenvalue weighted by Crippen LogP contribution is 2.25. The zero-order valence-corrected chi connectivity index (χ0v) is 13.4. The summed E-state index contributed by atoms with van der Waals surface area (Å²) in [5.41, 5.74) is 2.03. The molecule has 3 rings (SSSR count).